The maximum Gasteiger partial charge on any atom is 0.253 e. The van der Waals surface area contributed by atoms with Gasteiger partial charge < -0.3 is 15.5 Å². The van der Waals surface area contributed by atoms with Crippen LogP contribution in [-0.4, -0.2) is 37.4 Å². The third-order valence-corrected chi connectivity index (χ3v) is 3.45. The summed E-state index contributed by atoms with van der Waals surface area (Å²) in [6.45, 7) is 0.0498. The van der Waals surface area contributed by atoms with E-state index in [1.54, 1.807) is 44.4 Å². The number of carbonyl (C=O) groups is 2. The second-order valence-corrected chi connectivity index (χ2v) is 5.57. The van der Waals surface area contributed by atoms with Gasteiger partial charge in [-0.15, -0.1) is 0 Å². The van der Waals surface area contributed by atoms with E-state index < -0.39 is 0 Å². The highest BCUT2D eigenvalue weighted by molar-refractivity contribution is 6.33. The smallest absolute Gasteiger partial charge is 0.253 e. The number of halogens is 1. The minimum Gasteiger partial charge on any atom is -0.375 e. The highest BCUT2D eigenvalue weighted by Gasteiger charge is 2.11. The zero-order valence-electron chi connectivity index (χ0n) is 13.0. The molecule has 0 atom stereocenters. The van der Waals surface area contributed by atoms with Gasteiger partial charge in [-0.05, 0) is 30.3 Å². The van der Waals surface area contributed by atoms with Gasteiger partial charge in [-0.2, -0.15) is 0 Å². The first-order valence-corrected chi connectivity index (χ1v) is 7.45. The molecule has 23 heavy (non-hydrogen) atoms. The summed E-state index contributed by atoms with van der Waals surface area (Å²) in [5.74, 6) is -0.324. The summed E-state index contributed by atoms with van der Waals surface area (Å²) in [6.07, 6.45) is 0. The Morgan fingerprint density at radius 3 is 2.43 bits per heavy atom. The zero-order valence-corrected chi connectivity index (χ0v) is 13.7. The third-order valence-electron chi connectivity index (χ3n) is 3.12. The molecule has 6 heteroatoms. The topological polar surface area (TPSA) is 61.4 Å². The van der Waals surface area contributed by atoms with Crippen molar-refractivity contribution in [2.24, 2.45) is 0 Å². The molecule has 0 unspecified atom stereocenters. The molecule has 2 aromatic carbocycles. The van der Waals surface area contributed by atoms with Crippen LogP contribution in [0.2, 0.25) is 5.02 Å². The maximum absolute atomic E-state index is 12.0. The fraction of sp³-hybridized carbons (Fsp3) is 0.176. The molecule has 0 radical (unpaired) electrons. The lowest BCUT2D eigenvalue weighted by Crippen LogP contribution is -2.23. The number of hydrogen-bond donors (Lipinski definition) is 2. The van der Waals surface area contributed by atoms with Crippen molar-refractivity contribution in [1.29, 1.82) is 0 Å². The van der Waals surface area contributed by atoms with Crippen LogP contribution in [0.25, 0.3) is 0 Å². The van der Waals surface area contributed by atoms with E-state index in [4.69, 9.17) is 11.6 Å². The number of amides is 2. The normalized spacial score (nSPS) is 10.0. The lowest BCUT2D eigenvalue weighted by molar-refractivity contribution is -0.114. The average molecular weight is 332 g/mol. The van der Waals surface area contributed by atoms with Gasteiger partial charge in [-0.1, -0.05) is 29.8 Å². The monoisotopic (exact) mass is 331 g/mol. The quantitative estimate of drug-likeness (QED) is 0.885. The Kier molecular flexibility index (Phi) is 5.60. The first-order valence-electron chi connectivity index (χ1n) is 7.07. The number of rotatable bonds is 5. The minimum absolute atomic E-state index is 0.0498. The van der Waals surface area contributed by atoms with Crippen molar-refractivity contribution >= 4 is 34.8 Å². The molecule has 0 aliphatic carbocycles. The van der Waals surface area contributed by atoms with Gasteiger partial charge >= 0.3 is 0 Å². The summed E-state index contributed by atoms with van der Waals surface area (Å²) >= 11 is 6.11. The molecule has 0 aliphatic rings. The van der Waals surface area contributed by atoms with Crippen molar-refractivity contribution in [2.45, 2.75) is 0 Å². The lowest BCUT2D eigenvalue weighted by Gasteiger charge is -2.13. The van der Waals surface area contributed by atoms with Gasteiger partial charge in [-0.25, -0.2) is 0 Å². The van der Waals surface area contributed by atoms with Crippen molar-refractivity contribution in [3.8, 4) is 0 Å². The lowest BCUT2D eigenvalue weighted by atomic mass is 10.2. The first kappa shape index (κ1) is 16.8. The van der Waals surface area contributed by atoms with Crippen molar-refractivity contribution in [3.63, 3.8) is 0 Å². The van der Waals surface area contributed by atoms with E-state index in [-0.39, 0.29) is 18.4 Å². The molecule has 0 fully saturated rings. The standard InChI is InChI=1S/C17H18ClN3O2/c1-21(2)17(23)12-8-9-14(18)15(10-12)19-11-16(22)20-13-6-4-3-5-7-13/h3-10,19H,11H2,1-2H3,(H,20,22). The highest BCUT2D eigenvalue weighted by atomic mass is 35.5. The molecular formula is C17H18ClN3O2. The van der Waals surface area contributed by atoms with Crippen LogP contribution in [0.1, 0.15) is 10.4 Å². The second kappa shape index (κ2) is 7.65. The van der Waals surface area contributed by atoms with E-state index >= 15 is 0 Å². The Bertz CT molecular complexity index is 702. The van der Waals surface area contributed by atoms with Crippen LogP contribution in [0, 0.1) is 0 Å². The van der Waals surface area contributed by atoms with Crippen molar-refractivity contribution in [3.05, 3.63) is 59.1 Å². The predicted octanol–water partition coefficient (Wildman–Crippen LogP) is 3.09. The van der Waals surface area contributed by atoms with E-state index in [1.807, 2.05) is 18.2 Å². The van der Waals surface area contributed by atoms with E-state index in [0.29, 0.717) is 16.3 Å². The second-order valence-electron chi connectivity index (χ2n) is 5.16. The molecule has 5 nitrogen and oxygen atoms in total. The fourth-order valence-corrected chi connectivity index (χ4v) is 2.14. The van der Waals surface area contributed by atoms with Crippen molar-refractivity contribution < 1.29 is 9.59 Å². The van der Waals surface area contributed by atoms with Gasteiger partial charge in [0, 0.05) is 25.3 Å². The maximum atomic E-state index is 12.0. The summed E-state index contributed by atoms with van der Waals surface area (Å²) in [6, 6.07) is 14.1. The molecule has 0 saturated heterocycles. The SMILES string of the molecule is CN(C)C(=O)c1ccc(Cl)c(NCC(=O)Nc2ccccc2)c1. The number of carbonyl (C=O) groups excluding carboxylic acids is 2. The number of nitrogens with zero attached hydrogens (tertiary/aromatic N) is 1. The summed E-state index contributed by atoms with van der Waals surface area (Å²) in [7, 11) is 3.36. The van der Waals surface area contributed by atoms with Gasteiger partial charge in [0.05, 0.1) is 17.3 Å². The van der Waals surface area contributed by atoms with Crippen molar-refractivity contribution in [2.75, 3.05) is 31.3 Å². The fourth-order valence-electron chi connectivity index (χ4n) is 1.95. The predicted molar refractivity (Wildman–Crippen MR) is 93.0 cm³/mol. The Morgan fingerprint density at radius 1 is 1.09 bits per heavy atom. The summed E-state index contributed by atoms with van der Waals surface area (Å²) in [5, 5.41) is 6.17. The minimum atomic E-state index is -0.198. The van der Waals surface area contributed by atoms with Crippen LogP contribution < -0.4 is 10.6 Å². The summed E-state index contributed by atoms with van der Waals surface area (Å²) < 4.78 is 0. The Hall–Kier alpha value is -2.53. The number of benzene rings is 2. The van der Waals surface area contributed by atoms with Crippen LogP contribution >= 0.6 is 11.6 Å². The number of nitrogens with one attached hydrogen (secondary N) is 2. The first-order chi connectivity index (χ1) is 11.0. The summed E-state index contributed by atoms with van der Waals surface area (Å²) in [4.78, 5) is 25.4. The number of anilines is 2. The molecule has 2 rings (SSSR count). The van der Waals surface area contributed by atoms with Crippen LogP contribution in [0.4, 0.5) is 11.4 Å². The largest absolute Gasteiger partial charge is 0.375 e. The molecule has 0 aliphatic heterocycles. The third kappa shape index (κ3) is 4.72. The summed E-state index contributed by atoms with van der Waals surface area (Å²) in [5.41, 5.74) is 1.77. The molecule has 0 saturated carbocycles. The van der Waals surface area contributed by atoms with E-state index in [0.717, 1.165) is 5.69 Å². The van der Waals surface area contributed by atoms with Crippen LogP contribution in [0.3, 0.4) is 0 Å². The highest BCUT2D eigenvalue weighted by Crippen LogP contribution is 2.23. The average Bonchev–Trinajstić information content (AvgIpc) is 2.54. The van der Waals surface area contributed by atoms with Gasteiger partial charge in [0.2, 0.25) is 5.91 Å². The molecular weight excluding hydrogens is 314 g/mol. The van der Waals surface area contributed by atoms with Gasteiger partial charge in [0.1, 0.15) is 0 Å². The van der Waals surface area contributed by atoms with Crippen LogP contribution in [0.15, 0.2) is 48.5 Å². The molecule has 0 spiro atoms. The molecule has 2 aromatic rings. The molecule has 0 aromatic heterocycles. The number of hydrogen-bond acceptors (Lipinski definition) is 3. The Morgan fingerprint density at radius 2 is 1.78 bits per heavy atom. The van der Waals surface area contributed by atoms with Gasteiger partial charge in [0.25, 0.3) is 5.91 Å². The Labute approximate surface area is 140 Å². The van der Waals surface area contributed by atoms with Gasteiger partial charge in [0.15, 0.2) is 0 Å². The molecule has 2 N–H and O–H groups in total. The van der Waals surface area contributed by atoms with Crippen LogP contribution in [0.5, 0.6) is 0 Å². The zero-order chi connectivity index (χ0) is 16.8. The number of para-hydroxylation sites is 1. The molecule has 0 bridgehead atoms. The molecule has 2 amide bonds. The van der Waals surface area contributed by atoms with Crippen LogP contribution in [-0.2, 0) is 4.79 Å². The molecule has 120 valence electrons. The van der Waals surface area contributed by atoms with Gasteiger partial charge in [-0.3, -0.25) is 9.59 Å². The Balaban J connectivity index is 2.01. The van der Waals surface area contributed by atoms with E-state index in [1.165, 1.54) is 4.90 Å². The molecule has 0 heterocycles. The van der Waals surface area contributed by atoms with E-state index in [9.17, 15) is 9.59 Å². The van der Waals surface area contributed by atoms with Crippen molar-refractivity contribution in [1.82, 2.24) is 4.90 Å². The van der Waals surface area contributed by atoms with E-state index in [2.05, 4.69) is 10.6 Å².